The highest BCUT2D eigenvalue weighted by Gasteiger charge is 2.16. The van der Waals surface area contributed by atoms with E-state index in [9.17, 15) is 4.79 Å². The zero-order valence-corrected chi connectivity index (χ0v) is 13.9. The molecule has 0 aliphatic carbocycles. The maximum absolute atomic E-state index is 12.4. The fraction of sp³-hybridized carbons (Fsp3) is 0.100. The number of anilines is 2. The monoisotopic (exact) mass is 347 g/mol. The van der Waals surface area contributed by atoms with E-state index >= 15 is 0 Å². The number of carbonyl (C=O) groups is 1. The molecule has 2 aromatic carbocycles. The van der Waals surface area contributed by atoms with E-state index in [1.54, 1.807) is 24.4 Å². The number of carbonyl (C=O) groups excluding carboxylic acids is 1. The first-order valence-electron chi connectivity index (χ1n) is 8.22. The van der Waals surface area contributed by atoms with Crippen LogP contribution in [0.3, 0.4) is 0 Å². The normalized spacial score (nSPS) is 11.8. The van der Waals surface area contributed by atoms with Crippen LogP contribution >= 0.6 is 0 Å². The molecule has 1 aliphatic rings. The van der Waals surface area contributed by atoms with Crippen LogP contribution in [-0.4, -0.2) is 17.7 Å². The molecule has 3 aromatic rings. The fourth-order valence-corrected chi connectivity index (χ4v) is 2.62. The molecule has 4 rings (SSSR count). The van der Waals surface area contributed by atoms with E-state index in [4.69, 9.17) is 9.47 Å². The maximum Gasteiger partial charge on any atom is 0.255 e. The lowest BCUT2D eigenvalue weighted by Gasteiger charge is -2.09. The lowest BCUT2D eigenvalue weighted by Crippen LogP contribution is -2.11. The number of ether oxygens (including phenoxy) is 2. The van der Waals surface area contributed by atoms with Gasteiger partial charge in [-0.15, -0.1) is 0 Å². The molecule has 2 heterocycles. The van der Waals surface area contributed by atoms with Crippen molar-refractivity contribution in [3.63, 3.8) is 0 Å². The summed E-state index contributed by atoms with van der Waals surface area (Å²) >= 11 is 0. The molecule has 0 atom stereocenters. The molecule has 26 heavy (non-hydrogen) atoms. The van der Waals surface area contributed by atoms with Crippen LogP contribution in [0, 0.1) is 0 Å². The molecule has 6 heteroatoms. The molecule has 0 bridgehead atoms. The Balaban J connectivity index is 1.37. The van der Waals surface area contributed by atoms with Gasteiger partial charge in [-0.3, -0.25) is 9.78 Å². The van der Waals surface area contributed by atoms with Gasteiger partial charge in [0.2, 0.25) is 6.79 Å². The van der Waals surface area contributed by atoms with E-state index in [1.807, 2.05) is 42.6 Å². The van der Waals surface area contributed by atoms with Gasteiger partial charge >= 0.3 is 0 Å². The number of nitrogens with one attached hydrogen (secondary N) is 2. The highest BCUT2D eigenvalue weighted by molar-refractivity contribution is 6.04. The first kappa shape index (κ1) is 16.0. The molecule has 1 aromatic heterocycles. The number of hydrogen-bond donors (Lipinski definition) is 2. The molecular weight excluding hydrogens is 330 g/mol. The van der Waals surface area contributed by atoms with Crippen molar-refractivity contribution in [2.45, 2.75) is 6.54 Å². The molecule has 0 saturated heterocycles. The van der Waals surface area contributed by atoms with Gasteiger partial charge in [-0.25, -0.2) is 0 Å². The van der Waals surface area contributed by atoms with Gasteiger partial charge in [0.05, 0.1) is 0 Å². The van der Waals surface area contributed by atoms with Crippen LogP contribution in [0.5, 0.6) is 11.5 Å². The first-order valence-corrected chi connectivity index (χ1v) is 8.22. The Morgan fingerprint density at radius 1 is 1.00 bits per heavy atom. The van der Waals surface area contributed by atoms with Crippen molar-refractivity contribution in [2.75, 3.05) is 17.4 Å². The maximum atomic E-state index is 12.4. The molecule has 0 radical (unpaired) electrons. The number of fused-ring (bicyclic) bond motifs is 1. The molecule has 6 nitrogen and oxygen atoms in total. The zero-order chi connectivity index (χ0) is 17.8. The predicted octanol–water partition coefficient (Wildman–Crippen LogP) is 3.67. The Morgan fingerprint density at radius 2 is 1.81 bits per heavy atom. The highest BCUT2D eigenvalue weighted by atomic mass is 16.7. The van der Waals surface area contributed by atoms with Crippen molar-refractivity contribution >= 4 is 17.3 Å². The topological polar surface area (TPSA) is 72.5 Å². The lowest BCUT2D eigenvalue weighted by molar-refractivity contribution is 0.102. The van der Waals surface area contributed by atoms with Gasteiger partial charge in [0.1, 0.15) is 0 Å². The molecule has 130 valence electrons. The summed E-state index contributed by atoms with van der Waals surface area (Å²) in [5.74, 6) is 1.05. The number of nitrogens with zero attached hydrogens (tertiary/aromatic N) is 1. The van der Waals surface area contributed by atoms with Crippen LogP contribution in [0.4, 0.5) is 11.4 Å². The molecule has 0 spiro atoms. The second-order valence-electron chi connectivity index (χ2n) is 5.81. The summed E-state index contributed by atoms with van der Waals surface area (Å²) < 4.78 is 10.6. The van der Waals surface area contributed by atoms with E-state index in [-0.39, 0.29) is 12.7 Å². The first-order chi connectivity index (χ1) is 12.8. The average molecular weight is 347 g/mol. The minimum Gasteiger partial charge on any atom is -0.454 e. The van der Waals surface area contributed by atoms with Crippen LogP contribution in [0.1, 0.15) is 15.9 Å². The Bertz CT molecular complexity index is 911. The third kappa shape index (κ3) is 3.59. The molecule has 0 fully saturated rings. The summed E-state index contributed by atoms with van der Waals surface area (Å²) in [5.41, 5.74) is 3.32. The fourth-order valence-electron chi connectivity index (χ4n) is 2.62. The van der Waals surface area contributed by atoms with Gasteiger partial charge < -0.3 is 20.1 Å². The summed E-state index contributed by atoms with van der Waals surface area (Å²) in [6.07, 6.45) is 3.58. The predicted molar refractivity (Wildman–Crippen MR) is 98.5 cm³/mol. The smallest absolute Gasteiger partial charge is 0.255 e. The molecule has 0 saturated carbocycles. The Kier molecular flexibility index (Phi) is 4.38. The minimum atomic E-state index is -0.195. The van der Waals surface area contributed by atoms with Gasteiger partial charge in [-0.2, -0.15) is 0 Å². The SMILES string of the molecule is O=C(Nc1ccc(NCc2cccnc2)cc1)c1ccc2c(c1)OCO2. The number of aromatic nitrogens is 1. The Hall–Kier alpha value is -3.54. The molecule has 2 N–H and O–H groups in total. The number of rotatable bonds is 5. The average Bonchev–Trinajstić information content (AvgIpc) is 3.16. The van der Waals surface area contributed by atoms with Crippen molar-refractivity contribution < 1.29 is 14.3 Å². The van der Waals surface area contributed by atoms with Crippen molar-refractivity contribution in [2.24, 2.45) is 0 Å². The number of hydrogen-bond acceptors (Lipinski definition) is 5. The standard InChI is InChI=1S/C20H17N3O3/c24-20(15-3-8-18-19(10-15)26-13-25-18)23-17-6-4-16(5-7-17)22-12-14-2-1-9-21-11-14/h1-11,22H,12-13H2,(H,23,24). The van der Waals surface area contributed by atoms with Gasteiger partial charge in [0, 0.05) is 35.9 Å². The summed E-state index contributed by atoms with van der Waals surface area (Å²) in [6, 6.07) is 16.6. The highest BCUT2D eigenvalue weighted by Crippen LogP contribution is 2.32. The van der Waals surface area contributed by atoms with Crippen molar-refractivity contribution in [1.29, 1.82) is 0 Å². The van der Waals surface area contributed by atoms with Crippen molar-refractivity contribution in [1.82, 2.24) is 4.98 Å². The Morgan fingerprint density at radius 3 is 2.62 bits per heavy atom. The van der Waals surface area contributed by atoms with Crippen molar-refractivity contribution in [3.8, 4) is 11.5 Å². The number of benzene rings is 2. The number of amides is 1. The van der Waals surface area contributed by atoms with Gasteiger partial charge in [0.15, 0.2) is 11.5 Å². The second-order valence-corrected chi connectivity index (χ2v) is 5.81. The van der Waals surface area contributed by atoms with Crippen LogP contribution in [0.15, 0.2) is 67.0 Å². The largest absolute Gasteiger partial charge is 0.454 e. The van der Waals surface area contributed by atoms with Gasteiger partial charge in [-0.1, -0.05) is 6.07 Å². The summed E-state index contributed by atoms with van der Waals surface area (Å²) in [6.45, 7) is 0.880. The van der Waals surface area contributed by atoms with Crippen LogP contribution in [0.25, 0.3) is 0 Å². The van der Waals surface area contributed by atoms with E-state index < -0.39 is 0 Å². The van der Waals surface area contributed by atoms with E-state index in [1.165, 1.54) is 0 Å². The Labute approximate surface area is 150 Å². The number of pyridine rings is 1. The van der Waals surface area contributed by atoms with Crippen molar-refractivity contribution in [3.05, 3.63) is 78.1 Å². The summed E-state index contributed by atoms with van der Waals surface area (Å²) in [5, 5.41) is 6.20. The third-order valence-electron chi connectivity index (χ3n) is 4.00. The summed E-state index contributed by atoms with van der Waals surface area (Å²) in [4.78, 5) is 16.5. The van der Waals surface area contributed by atoms with Gasteiger partial charge in [0.25, 0.3) is 5.91 Å². The molecular formula is C20H17N3O3. The molecule has 1 aliphatic heterocycles. The van der Waals surface area contributed by atoms with E-state index in [0.29, 0.717) is 23.6 Å². The molecule has 0 unspecified atom stereocenters. The van der Waals surface area contributed by atoms with Gasteiger partial charge in [-0.05, 0) is 54.1 Å². The lowest BCUT2D eigenvalue weighted by atomic mass is 10.2. The minimum absolute atomic E-state index is 0.188. The third-order valence-corrected chi connectivity index (χ3v) is 4.00. The summed E-state index contributed by atoms with van der Waals surface area (Å²) in [7, 11) is 0. The van der Waals surface area contributed by atoms with Crippen LogP contribution < -0.4 is 20.1 Å². The van der Waals surface area contributed by atoms with Crippen LogP contribution in [0.2, 0.25) is 0 Å². The second kappa shape index (κ2) is 7.14. The zero-order valence-electron chi connectivity index (χ0n) is 13.9. The molecule has 1 amide bonds. The van der Waals surface area contributed by atoms with Crippen LogP contribution in [-0.2, 0) is 6.54 Å². The van der Waals surface area contributed by atoms with E-state index in [2.05, 4.69) is 15.6 Å². The van der Waals surface area contributed by atoms with E-state index in [0.717, 1.165) is 16.9 Å². The quantitative estimate of drug-likeness (QED) is 0.737.